The fourth-order valence-corrected chi connectivity index (χ4v) is 3.22. The first kappa shape index (κ1) is 15.0. The van der Waals surface area contributed by atoms with E-state index in [0.29, 0.717) is 20.5 Å². The molecule has 0 unspecified atom stereocenters. The van der Waals surface area contributed by atoms with Gasteiger partial charge in [0, 0.05) is 11.8 Å². The Balaban J connectivity index is 2.40. The van der Waals surface area contributed by atoms with Crippen molar-refractivity contribution in [2.24, 2.45) is 0 Å². The number of terminal acetylenes is 1. The van der Waals surface area contributed by atoms with Gasteiger partial charge in [0.05, 0.1) is 22.4 Å². The van der Waals surface area contributed by atoms with E-state index < -0.39 is 17.1 Å². The van der Waals surface area contributed by atoms with Crippen molar-refractivity contribution in [2.75, 3.05) is 0 Å². The Bertz CT molecular complexity index is 1110. The van der Waals surface area contributed by atoms with Gasteiger partial charge in [-0.05, 0) is 19.1 Å². The average Bonchev–Trinajstić information content (AvgIpc) is 2.74. The first-order valence-electron chi connectivity index (χ1n) is 6.52. The molecule has 0 radical (unpaired) electrons. The molecule has 1 aromatic carbocycles. The number of hydrogen-bond acceptors (Lipinski definition) is 4. The molecule has 2 heterocycles. The molecular weight excluding hydrogens is 321 g/mol. The molecule has 0 amide bonds. The van der Waals surface area contributed by atoms with E-state index in [2.05, 4.69) is 10.9 Å². The van der Waals surface area contributed by atoms with Gasteiger partial charge >= 0.3 is 10.6 Å². The second kappa shape index (κ2) is 5.37. The largest absolute Gasteiger partial charge is 0.333 e. The van der Waals surface area contributed by atoms with E-state index in [-0.39, 0.29) is 17.1 Å². The van der Waals surface area contributed by atoms with E-state index in [1.807, 2.05) is 0 Å². The van der Waals surface area contributed by atoms with Crippen LogP contribution in [0, 0.1) is 25.1 Å². The van der Waals surface area contributed by atoms with Crippen LogP contribution >= 0.6 is 11.3 Å². The third kappa shape index (κ3) is 2.41. The lowest BCUT2D eigenvalue weighted by Gasteiger charge is -2.07. The summed E-state index contributed by atoms with van der Waals surface area (Å²) in [5.41, 5.74) is -0.897. The average molecular weight is 331 g/mol. The Morgan fingerprint density at radius 2 is 2.04 bits per heavy atom. The molecule has 2 aromatic heterocycles. The van der Waals surface area contributed by atoms with E-state index in [9.17, 15) is 18.8 Å². The standard InChI is InChI=1S/C15H10FN3O3S/c1-3-4-18-11-7-10(9(16)6-12(11)23-15(18)22)19-13(20)5-8(2)17-14(19)21/h1,5-7H,4H2,2H3,(H,17,21). The quantitative estimate of drug-likeness (QED) is 0.711. The summed E-state index contributed by atoms with van der Waals surface area (Å²) in [6.45, 7) is 1.57. The zero-order valence-corrected chi connectivity index (χ0v) is 12.7. The van der Waals surface area contributed by atoms with Gasteiger partial charge in [0.25, 0.3) is 5.56 Å². The fraction of sp³-hybridized carbons (Fsp3) is 0.133. The van der Waals surface area contributed by atoms with E-state index in [0.717, 1.165) is 17.4 Å². The number of nitrogens with zero attached hydrogens (tertiary/aromatic N) is 2. The van der Waals surface area contributed by atoms with Crippen LogP contribution in [-0.4, -0.2) is 14.1 Å². The number of aromatic amines is 1. The van der Waals surface area contributed by atoms with Crippen LogP contribution in [0.25, 0.3) is 15.9 Å². The van der Waals surface area contributed by atoms with E-state index in [1.54, 1.807) is 6.92 Å². The van der Waals surface area contributed by atoms with Crippen LogP contribution in [-0.2, 0) is 6.54 Å². The highest BCUT2D eigenvalue weighted by atomic mass is 32.1. The summed E-state index contributed by atoms with van der Waals surface area (Å²) >= 11 is 0.846. The summed E-state index contributed by atoms with van der Waals surface area (Å²) in [5.74, 6) is 1.57. The van der Waals surface area contributed by atoms with Crippen molar-refractivity contribution in [3.05, 3.63) is 60.2 Å². The molecule has 8 heteroatoms. The maximum atomic E-state index is 14.3. The number of halogens is 1. The molecule has 116 valence electrons. The van der Waals surface area contributed by atoms with Crippen LogP contribution in [0.3, 0.4) is 0 Å². The molecule has 0 spiro atoms. The summed E-state index contributed by atoms with van der Waals surface area (Å²) in [4.78, 5) is 38.1. The Morgan fingerprint density at radius 3 is 2.70 bits per heavy atom. The van der Waals surface area contributed by atoms with Gasteiger partial charge in [-0.1, -0.05) is 17.3 Å². The van der Waals surface area contributed by atoms with Crippen LogP contribution in [0.5, 0.6) is 0 Å². The monoisotopic (exact) mass is 331 g/mol. The maximum Gasteiger partial charge on any atom is 0.333 e. The van der Waals surface area contributed by atoms with Gasteiger partial charge in [0.1, 0.15) is 5.82 Å². The molecule has 0 fully saturated rings. The molecule has 6 nitrogen and oxygen atoms in total. The lowest BCUT2D eigenvalue weighted by atomic mass is 10.2. The molecule has 0 saturated heterocycles. The van der Waals surface area contributed by atoms with Crippen molar-refractivity contribution in [2.45, 2.75) is 13.5 Å². The van der Waals surface area contributed by atoms with Gasteiger partial charge in [0.15, 0.2) is 0 Å². The molecule has 0 aliphatic rings. The number of aryl methyl sites for hydroxylation is 1. The molecule has 23 heavy (non-hydrogen) atoms. The van der Waals surface area contributed by atoms with Crippen LogP contribution in [0.2, 0.25) is 0 Å². The maximum absolute atomic E-state index is 14.3. The van der Waals surface area contributed by atoms with Gasteiger partial charge in [-0.3, -0.25) is 14.2 Å². The Labute approximate surface area is 132 Å². The molecular formula is C15H10FN3O3S. The predicted molar refractivity (Wildman–Crippen MR) is 85.8 cm³/mol. The summed E-state index contributed by atoms with van der Waals surface area (Å²) in [6, 6.07) is 3.59. The number of H-pyrrole nitrogens is 1. The third-order valence-corrected chi connectivity index (χ3v) is 4.24. The zero-order chi connectivity index (χ0) is 16.7. The number of aromatic nitrogens is 3. The van der Waals surface area contributed by atoms with E-state index in [1.165, 1.54) is 16.7 Å². The third-order valence-electron chi connectivity index (χ3n) is 3.29. The number of rotatable bonds is 2. The molecule has 0 aliphatic carbocycles. The smallest absolute Gasteiger partial charge is 0.311 e. The van der Waals surface area contributed by atoms with Gasteiger partial charge in [-0.25, -0.2) is 13.8 Å². The highest BCUT2D eigenvalue weighted by Crippen LogP contribution is 2.23. The van der Waals surface area contributed by atoms with Crippen LogP contribution < -0.4 is 16.1 Å². The fourth-order valence-electron chi connectivity index (χ4n) is 2.32. The van der Waals surface area contributed by atoms with Gasteiger partial charge in [-0.15, -0.1) is 6.42 Å². The topological polar surface area (TPSA) is 76.9 Å². The van der Waals surface area contributed by atoms with E-state index >= 15 is 0 Å². The lowest BCUT2D eigenvalue weighted by Crippen LogP contribution is -2.34. The number of thiazole rings is 1. The van der Waals surface area contributed by atoms with E-state index in [4.69, 9.17) is 6.42 Å². The second-order valence-electron chi connectivity index (χ2n) is 4.86. The minimum absolute atomic E-state index is 0.0169. The highest BCUT2D eigenvalue weighted by molar-refractivity contribution is 7.16. The van der Waals surface area contributed by atoms with Crippen molar-refractivity contribution in [3.8, 4) is 18.0 Å². The van der Waals surface area contributed by atoms with Crippen molar-refractivity contribution in [3.63, 3.8) is 0 Å². The van der Waals surface area contributed by atoms with Crippen molar-refractivity contribution < 1.29 is 4.39 Å². The molecule has 0 saturated carbocycles. The van der Waals surface area contributed by atoms with Gasteiger partial charge in [0.2, 0.25) is 0 Å². The number of nitrogens with one attached hydrogen (secondary N) is 1. The number of fused-ring (bicyclic) bond motifs is 1. The molecule has 1 N–H and O–H groups in total. The van der Waals surface area contributed by atoms with Crippen LogP contribution in [0.4, 0.5) is 4.39 Å². The summed E-state index contributed by atoms with van der Waals surface area (Å²) in [7, 11) is 0. The minimum atomic E-state index is -0.775. The van der Waals surface area contributed by atoms with Gasteiger partial charge < -0.3 is 4.98 Å². The van der Waals surface area contributed by atoms with Gasteiger partial charge in [-0.2, -0.15) is 0 Å². The van der Waals surface area contributed by atoms with Crippen molar-refractivity contribution in [1.82, 2.24) is 14.1 Å². The Morgan fingerprint density at radius 1 is 1.30 bits per heavy atom. The lowest BCUT2D eigenvalue weighted by molar-refractivity contribution is 0.613. The summed E-state index contributed by atoms with van der Waals surface area (Å²) in [5, 5.41) is 0. The molecule has 3 rings (SSSR count). The van der Waals surface area contributed by atoms with Crippen LogP contribution in [0.1, 0.15) is 5.69 Å². The molecule has 0 bridgehead atoms. The van der Waals surface area contributed by atoms with Crippen LogP contribution in [0.15, 0.2) is 32.6 Å². The number of benzene rings is 1. The zero-order valence-electron chi connectivity index (χ0n) is 11.9. The Hall–Kier alpha value is -2.92. The molecule has 0 aliphatic heterocycles. The molecule has 0 atom stereocenters. The van der Waals surface area contributed by atoms with Crippen molar-refractivity contribution >= 4 is 21.6 Å². The summed E-state index contributed by atoms with van der Waals surface area (Å²) < 4.78 is 16.7. The SMILES string of the molecule is C#CCn1c(=O)sc2cc(F)c(-n3c(=O)cc(C)[nH]c3=O)cc21. The normalized spacial score (nSPS) is 10.8. The highest BCUT2D eigenvalue weighted by Gasteiger charge is 2.15. The minimum Gasteiger partial charge on any atom is -0.311 e. The summed E-state index contributed by atoms with van der Waals surface area (Å²) in [6.07, 6.45) is 5.23. The predicted octanol–water partition coefficient (Wildman–Crippen LogP) is 0.983. The first-order chi connectivity index (χ1) is 10.9. The Kier molecular flexibility index (Phi) is 3.50. The molecule has 3 aromatic rings. The number of hydrogen-bond donors (Lipinski definition) is 1. The van der Waals surface area contributed by atoms with Crippen molar-refractivity contribution in [1.29, 1.82) is 0 Å². The first-order valence-corrected chi connectivity index (χ1v) is 7.33. The second-order valence-corrected chi connectivity index (χ2v) is 5.85.